The molecule has 1 unspecified atom stereocenters. The second-order valence-corrected chi connectivity index (χ2v) is 6.08. The Morgan fingerprint density at radius 1 is 1.21 bits per heavy atom. The highest BCUT2D eigenvalue weighted by Crippen LogP contribution is 2.30. The van der Waals surface area contributed by atoms with Gasteiger partial charge in [-0.25, -0.2) is 4.79 Å². The fraction of sp³-hybridized carbons (Fsp3) is 0.556. The topological polar surface area (TPSA) is 76.1 Å². The minimum Gasteiger partial charge on any atom is -0.494 e. The number of carbonyl (C=O) groups excluding carboxylic acids is 1. The number of carboxylic acid groups (broad SMARTS) is 1. The summed E-state index contributed by atoms with van der Waals surface area (Å²) in [5.74, 6) is 0.469. The second-order valence-electron chi connectivity index (χ2n) is 6.08. The maximum atomic E-state index is 12.3. The quantitative estimate of drug-likeness (QED) is 0.739. The van der Waals surface area contributed by atoms with E-state index in [1.54, 1.807) is 6.92 Å². The fourth-order valence-electron chi connectivity index (χ4n) is 2.93. The number of hydrogen-bond donors (Lipinski definition) is 1. The molecule has 1 aliphatic rings. The summed E-state index contributed by atoms with van der Waals surface area (Å²) in [6.45, 7) is 5.10. The highest BCUT2D eigenvalue weighted by atomic mass is 16.5. The number of hydrogen-bond acceptors (Lipinski definition) is 4. The highest BCUT2D eigenvalue weighted by Gasteiger charge is 2.45. The van der Waals surface area contributed by atoms with Crippen LogP contribution in [0, 0.1) is 0 Å². The summed E-state index contributed by atoms with van der Waals surface area (Å²) in [6, 6.07) is 7.34. The van der Waals surface area contributed by atoms with E-state index in [0.29, 0.717) is 39.0 Å². The summed E-state index contributed by atoms with van der Waals surface area (Å²) in [7, 11) is 0. The third-order valence-electron chi connectivity index (χ3n) is 4.34. The van der Waals surface area contributed by atoms with Crippen molar-refractivity contribution >= 4 is 11.9 Å². The van der Waals surface area contributed by atoms with Crippen LogP contribution in [0.15, 0.2) is 24.3 Å². The zero-order valence-corrected chi connectivity index (χ0v) is 14.3. The molecular formula is C18H25NO5. The van der Waals surface area contributed by atoms with Gasteiger partial charge in [0.1, 0.15) is 17.0 Å². The van der Waals surface area contributed by atoms with Gasteiger partial charge in [-0.2, -0.15) is 0 Å². The van der Waals surface area contributed by atoms with Crippen molar-refractivity contribution in [3.8, 4) is 11.5 Å². The van der Waals surface area contributed by atoms with E-state index < -0.39 is 11.5 Å². The molecule has 0 saturated carbocycles. The third-order valence-corrected chi connectivity index (χ3v) is 4.34. The summed E-state index contributed by atoms with van der Waals surface area (Å²) >= 11 is 0. The Kier molecular flexibility index (Phi) is 6.06. The molecule has 1 saturated heterocycles. The predicted molar refractivity (Wildman–Crippen MR) is 89.3 cm³/mol. The van der Waals surface area contributed by atoms with E-state index in [4.69, 9.17) is 9.47 Å². The van der Waals surface area contributed by atoms with Crippen molar-refractivity contribution < 1.29 is 24.2 Å². The number of rotatable bonds is 8. The van der Waals surface area contributed by atoms with Crippen molar-refractivity contribution in [1.82, 2.24) is 4.90 Å². The van der Waals surface area contributed by atoms with Crippen LogP contribution in [0.2, 0.25) is 0 Å². The van der Waals surface area contributed by atoms with Crippen molar-refractivity contribution in [2.75, 3.05) is 19.8 Å². The van der Waals surface area contributed by atoms with E-state index in [9.17, 15) is 14.7 Å². The molecule has 0 radical (unpaired) electrons. The number of amides is 1. The van der Waals surface area contributed by atoms with Crippen LogP contribution in [-0.4, -0.2) is 47.2 Å². The van der Waals surface area contributed by atoms with Gasteiger partial charge in [0.25, 0.3) is 0 Å². The van der Waals surface area contributed by atoms with Gasteiger partial charge in [-0.1, -0.05) is 0 Å². The Morgan fingerprint density at radius 3 is 2.42 bits per heavy atom. The number of carboxylic acids is 1. The first kappa shape index (κ1) is 18.1. The van der Waals surface area contributed by atoms with Crippen LogP contribution in [0.25, 0.3) is 0 Å². The lowest BCUT2D eigenvalue weighted by Gasteiger charge is -2.31. The lowest BCUT2D eigenvalue weighted by Crippen LogP contribution is -2.50. The van der Waals surface area contributed by atoms with Crippen LogP contribution in [0.3, 0.4) is 0 Å². The number of ether oxygens (including phenoxy) is 2. The first-order valence-electron chi connectivity index (χ1n) is 8.37. The van der Waals surface area contributed by atoms with Crippen LogP contribution in [0.5, 0.6) is 11.5 Å². The third kappa shape index (κ3) is 4.19. The average molecular weight is 335 g/mol. The van der Waals surface area contributed by atoms with Crippen molar-refractivity contribution in [1.29, 1.82) is 0 Å². The molecule has 0 aliphatic carbocycles. The average Bonchev–Trinajstić information content (AvgIpc) is 2.96. The SMILES string of the molecule is CCOc1ccc(OCCCC(=O)N2CCCC2(C)C(=O)O)cc1. The van der Waals surface area contributed by atoms with Crippen LogP contribution in [0.1, 0.15) is 39.5 Å². The first-order chi connectivity index (χ1) is 11.5. The number of carbonyl (C=O) groups is 2. The van der Waals surface area contributed by atoms with Crippen LogP contribution in [0.4, 0.5) is 0 Å². The first-order valence-corrected chi connectivity index (χ1v) is 8.37. The molecule has 0 spiro atoms. The van der Waals surface area contributed by atoms with Crippen molar-refractivity contribution in [3.05, 3.63) is 24.3 Å². The molecule has 1 N–H and O–H groups in total. The maximum absolute atomic E-state index is 12.3. The zero-order valence-electron chi connectivity index (χ0n) is 14.3. The molecule has 1 amide bonds. The molecule has 132 valence electrons. The summed E-state index contributed by atoms with van der Waals surface area (Å²) in [6.07, 6.45) is 2.09. The van der Waals surface area contributed by atoms with Crippen molar-refractivity contribution in [2.45, 2.75) is 45.1 Å². The highest BCUT2D eigenvalue weighted by molar-refractivity contribution is 5.87. The van der Waals surface area contributed by atoms with E-state index in [1.165, 1.54) is 4.90 Å². The summed E-state index contributed by atoms with van der Waals surface area (Å²) < 4.78 is 11.0. The Hall–Kier alpha value is -2.24. The maximum Gasteiger partial charge on any atom is 0.329 e. The fourth-order valence-corrected chi connectivity index (χ4v) is 2.93. The van der Waals surface area contributed by atoms with Gasteiger partial charge in [0, 0.05) is 13.0 Å². The number of nitrogens with zero attached hydrogens (tertiary/aromatic N) is 1. The van der Waals surface area contributed by atoms with Crippen LogP contribution < -0.4 is 9.47 Å². The smallest absolute Gasteiger partial charge is 0.329 e. The lowest BCUT2D eigenvalue weighted by molar-refractivity contribution is -0.155. The lowest BCUT2D eigenvalue weighted by atomic mass is 9.99. The van der Waals surface area contributed by atoms with E-state index >= 15 is 0 Å². The normalized spacial score (nSPS) is 20.0. The molecule has 0 bridgehead atoms. The number of aliphatic carboxylic acids is 1. The van der Waals surface area contributed by atoms with Crippen LogP contribution >= 0.6 is 0 Å². The van der Waals surface area contributed by atoms with Crippen LogP contribution in [-0.2, 0) is 9.59 Å². The second kappa shape index (κ2) is 8.04. The molecule has 6 heteroatoms. The standard InChI is InChI=1S/C18H25NO5/c1-3-23-14-7-9-15(10-8-14)24-13-4-6-16(20)19-12-5-11-18(19,2)17(21)22/h7-10H,3-6,11-13H2,1-2H3,(H,21,22). The van der Waals surface area contributed by atoms with Crippen molar-refractivity contribution in [3.63, 3.8) is 0 Å². The molecule has 1 fully saturated rings. The van der Waals surface area contributed by atoms with Gasteiger partial charge in [0.15, 0.2) is 0 Å². The van der Waals surface area contributed by atoms with Gasteiger partial charge < -0.3 is 19.5 Å². The minimum absolute atomic E-state index is 0.118. The van der Waals surface area contributed by atoms with E-state index in [-0.39, 0.29) is 5.91 Å². The van der Waals surface area contributed by atoms with Gasteiger partial charge in [-0.15, -0.1) is 0 Å². The molecule has 1 aromatic rings. The van der Waals surface area contributed by atoms with Gasteiger partial charge >= 0.3 is 5.97 Å². The molecule has 6 nitrogen and oxygen atoms in total. The Morgan fingerprint density at radius 2 is 1.83 bits per heavy atom. The monoisotopic (exact) mass is 335 g/mol. The zero-order chi connectivity index (χ0) is 17.6. The Balaban J connectivity index is 1.75. The number of benzene rings is 1. The Bertz CT molecular complexity index is 571. The summed E-state index contributed by atoms with van der Waals surface area (Å²) in [5.41, 5.74) is -1.06. The van der Waals surface area contributed by atoms with Gasteiger partial charge in [-0.05, 0) is 57.4 Å². The van der Waals surface area contributed by atoms with E-state index in [2.05, 4.69) is 0 Å². The molecule has 1 aromatic carbocycles. The molecule has 0 aromatic heterocycles. The minimum atomic E-state index is -1.06. The molecule has 1 heterocycles. The molecule has 2 rings (SSSR count). The largest absolute Gasteiger partial charge is 0.494 e. The molecular weight excluding hydrogens is 310 g/mol. The van der Waals surface area contributed by atoms with E-state index in [1.807, 2.05) is 31.2 Å². The summed E-state index contributed by atoms with van der Waals surface area (Å²) in [5, 5.41) is 9.34. The predicted octanol–water partition coefficient (Wildman–Crippen LogP) is 2.71. The number of likely N-dealkylation sites (tertiary alicyclic amines) is 1. The Labute approximate surface area is 142 Å². The van der Waals surface area contributed by atoms with Gasteiger partial charge in [0.05, 0.1) is 13.2 Å². The summed E-state index contributed by atoms with van der Waals surface area (Å²) in [4.78, 5) is 25.2. The molecule has 1 aliphatic heterocycles. The van der Waals surface area contributed by atoms with Gasteiger partial charge in [0.2, 0.25) is 5.91 Å². The molecule has 1 atom stereocenters. The van der Waals surface area contributed by atoms with Crippen molar-refractivity contribution in [2.24, 2.45) is 0 Å². The van der Waals surface area contributed by atoms with E-state index in [0.717, 1.165) is 17.9 Å². The van der Waals surface area contributed by atoms with Gasteiger partial charge in [-0.3, -0.25) is 4.79 Å². The molecule has 24 heavy (non-hydrogen) atoms.